The van der Waals surface area contributed by atoms with Crippen LogP contribution >= 0.6 is 0 Å². The van der Waals surface area contributed by atoms with Crippen LogP contribution < -0.4 is 20.1 Å². The molecule has 328 valence electrons. The van der Waals surface area contributed by atoms with Crippen molar-refractivity contribution in [1.29, 1.82) is 0 Å². The van der Waals surface area contributed by atoms with E-state index in [4.69, 9.17) is 28.9 Å². The molecule has 6 rings (SSSR count). The van der Waals surface area contributed by atoms with E-state index < -0.39 is 40.2 Å². The molecule has 0 radical (unpaired) electrons. The van der Waals surface area contributed by atoms with Gasteiger partial charge in [0.15, 0.2) is 0 Å². The van der Waals surface area contributed by atoms with Crippen molar-refractivity contribution >= 4 is 33.4 Å². The molecule has 2 aromatic carbocycles. The number of aliphatic hydroxyl groups excluding tert-OH is 2. The van der Waals surface area contributed by atoms with Crippen molar-refractivity contribution in [2.45, 2.75) is 107 Å². The number of oxime groups is 1. The van der Waals surface area contributed by atoms with Gasteiger partial charge in [0.05, 0.1) is 35.8 Å². The predicted molar refractivity (Wildman–Crippen MR) is 225 cm³/mol. The molecule has 0 spiro atoms. The van der Waals surface area contributed by atoms with E-state index in [9.17, 15) is 28.2 Å². The van der Waals surface area contributed by atoms with Crippen LogP contribution in [0.4, 0.5) is 10.5 Å². The van der Waals surface area contributed by atoms with E-state index in [1.165, 1.54) is 42.5 Å². The second kappa shape index (κ2) is 20.5. The molecular formula is C44H60N4O11S. The van der Waals surface area contributed by atoms with Crippen LogP contribution in [0.5, 0.6) is 11.5 Å². The van der Waals surface area contributed by atoms with Crippen LogP contribution in [0.2, 0.25) is 0 Å². The normalized spacial score (nSPS) is 26.6. The van der Waals surface area contributed by atoms with Crippen molar-refractivity contribution in [2.24, 2.45) is 22.9 Å². The molecule has 4 aliphatic rings. The highest BCUT2D eigenvalue weighted by atomic mass is 32.2. The molecule has 0 aromatic heterocycles. The zero-order valence-corrected chi connectivity index (χ0v) is 35.7. The highest BCUT2D eigenvalue weighted by Crippen LogP contribution is 2.62. The van der Waals surface area contributed by atoms with Gasteiger partial charge in [0, 0.05) is 63.7 Å². The van der Waals surface area contributed by atoms with E-state index in [-0.39, 0.29) is 54.8 Å². The van der Waals surface area contributed by atoms with E-state index in [0.717, 1.165) is 36.8 Å². The number of carbonyl (C=O) groups is 2. The number of hydrogen-bond acceptors (Lipinski definition) is 12. The van der Waals surface area contributed by atoms with Gasteiger partial charge in [-0.15, -0.1) is 6.58 Å². The third-order valence-electron chi connectivity index (χ3n) is 11.9. The molecule has 1 saturated carbocycles. The third kappa shape index (κ3) is 9.90. The predicted octanol–water partition coefficient (Wildman–Crippen LogP) is 6.23. The van der Waals surface area contributed by atoms with Gasteiger partial charge in [0.25, 0.3) is 0 Å². The van der Waals surface area contributed by atoms with Gasteiger partial charge in [-0.2, -0.15) is 4.31 Å². The molecule has 15 nitrogen and oxygen atoms in total. The Bertz CT molecular complexity index is 1980. The van der Waals surface area contributed by atoms with Crippen molar-refractivity contribution in [2.75, 3.05) is 45.3 Å². The lowest BCUT2D eigenvalue weighted by Gasteiger charge is -2.59. The van der Waals surface area contributed by atoms with Gasteiger partial charge in [-0.3, -0.25) is 4.79 Å². The number of rotatable bonds is 19. The molecule has 4 N–H and O–H groups in total. The number of benzene rings is 2. The first-order valence-electron chi connectivity index (χ1n) is 21.1. The molecule has 2 heterocycles. The van der Waals surface area contributed by atoms with Crippen LogP contribution in [0.3, 0.4) is 0 Å². The highest BCUT2D eigenvalue weighted by Gasteiger charge is 2.65. The van der Waals surface area contributed by atoms with Crippen molar-refractivity contribution in [3.8, 4) is 11.5 Å². The van der Waals surface area contributed by atoms with E-state index in [2.05, 4.69) is 23.3 Å². The summed E-state index contributed by atoms with van der Waals surface area (Å²) >= 11 is 0. The highest BCUT2D eigenvalue weighted by molar-refractivity contribution is 7.89. The first kappa shape index (κ1) is 45.2. The van der Waals surface area contributed by atoms with E-state index in [1.807, 2.05) is 6.07 Å². The number of hydrogen-bond donors (Lipinski definition) is 4. The number of nitrogens with zero attached hydrogens (tertiary/aromatic N) is 2. The van der Waals surface area contributed by atoms with Gasteiger partial charge in [-0.05, 0) is 105 Å². The number of carbonyl (C=O) groups excluding carboxylic acids is 2. The second-order valence-corrected chi connectivity index (χ2v) is 17.8. The lowest BCUT2D eigenvalue weighted by molar-refractivity contribution is -0.250. The number of aliphatic hydroxyl groups is 2. The largest absolute Gasteiger partial charge is 0.460 e. The Kier molecular flexibility index (Phi) is 15.4. The lowest BCUT2D eigenvalue weighted by Crippen LogP contribution is -2.69. The van der Waals surface area contributed by atoms with Gasteiger partial charge >= 0.3 is 6.09 Å². The number of likely N-dealkylation sites (N-methyl/N-ethyl adjacent to an activating group) is 1. The fourth-order valence-electron chi connectivity index (χ4n) is 9.22. The molecule has 1 saturated heterocycles. The van der Waals surface area contributed by atoms with Crippen LogP contribution in [0.15, 0.2) is 76.8 Å². The minimum Gasteiger partial charge on any atom is -0.460 e. The van der Waals surface area contributed by atoms with Crippen LogP contribution in [-0.2, 0) is 29.1 Å². The van der Waals surface area contributed by atoms with Crippen molar-refractivity contribution < 1.29 is 52.0 Å². The van der Waals surface area contributed by atoms with Gasteiger partial charge in [0.2, 0.25) is 28.0 Å². The number of nitrogens with one attached hydrogen (secondary N) is 2. The maximum absolute atomic E-state index is 14.8. The van der Waals surface area contributed by atoms with Crippen LogP contribution in [0.25, 0.3) is 0 Å². The fourth-order valence-corrected chi connectivity index (χ4v) is 10.6. The zero-order valence-electron chi connectivity index (χ0n) is 34.8. The molecule has 0 bridgehead atoms. The topological polar surface area (TPSA) is 195 Å². The van der Waals surface area contributed by atoms with E-state index >= 15 is 0 Å². The van der Waals surface area contributed by atoms with Crippen LogP contribution in [0.1, 0.15) is 89.5 Å². The smallest absolute Gasteiger partial charge is 0.412 e. The van der Waals surface area contributed by atoms with Gasteiger partial charge in [-0.1, -0.05) is 30.1 Å². The first-order valence-corrected chi connectivity index (χ1v) is 22.6. The molecule has 7 atom stereocenters. The minimum atomic E-state index is -4.26. The van der Waals surface area contributed by atoms with Gasteiger partial charge in [0.1, 0.15) is 11.5 Å². The Balaban J connectivity index is 1.57. The summed E-state index contributed by atoms with van der Waals surface area (Å²) in [5, 5.41) is 29.9. The van der Waals surface area contributed by atoms with Crippen LogP contribution in [-0.4, -0.2) is 98.8 Å². The SMILES string of the molecule is C=CCO[C@@]12Oc3ccc(OC(=O)NCC)cc3[C@H]3[C@H](CCCCO)[C@@H](CCCCO)C=C(C(=NOC4CCCCO4)C[C@@H]1N(C)S(=O)(=O)c1ccc(NC(C)=O)cc1)[C@H]32. The number of unbranched alkanes of at least 4 members (excludes halogenated alkanes) is 2. The minimum absolute atomic E-state index is 0.000895. The summed E-state index contributed by atoms with van der Waals surface area (Å²) in [5.74, 6) is -2.31. The maximum Gasteiger partial charge on any atom is 0.412 e. The summed E-state index contributed by atoms with van der Waals surface area (Å²) in [5.41, 5.74) is 2.55. The molecule has 2 aliphatic heterocycles. The lowest BCUT2D eigenvalue weighted by atomic mass is 9.55. The Hall–Kier alpha value is -4.32. The quantitative estimate of drug-likeness (QED) is 0.0711. The van der Waals surface area contributed by atoms with Gasteiger partial charge in [-0.25, -0.2) is 13.2 Å². The first-order chi connectivity index (χ1) is 29.0. The summed E-state index contributed by atoms with van der Waals surface area (Å²) in [6.07, 6.45) is 9.30. The summed E-state index contributed by atoms with van der Waals surface area (Å²) in [6.45, 7) is 8.15. The molecular weight excluding hydrogens is 793 g/mol. The maximum atomic E-state index is 14.8. The number of amides is 2. The Labute approximate surface area is 353 Å². The van der Waals surface area contributed by atoms with Crippen molar-refractivity contribution in [3.05, 3.63) is 72.3 Å². The second-order valence-electron chi connectivity index (χ2n) is 15.8. The molecule has 60 heavy (non-hydrogen) atoms. The zero-order chi connectivity index (χ0) is 42.9. The van der Waals surface area contributed by atoms with Crippen molar-refractivity contribution in [1.82, 2.24) is 9.62 Å². The Morgan fingerprint density at radius 1 is 1.07 bits per heavy atom. The number of sulfonamides is 1. The summed E-state index contributed by atoms with van der Waals surface area (Å²) in [6, 6.07) is 10.2. The molecule has 1 unspecified atom stereocenters. The summed E-state index contributed by atoms with van der Waals surface area (Å²) in [7, 11) is -2.75. The van der Waals surface area contributed by atoms with E-state index in [0.29, 0.717) is 68.2 Å². The third-order valence-corrected chi connectivity index (χ3v) is 13.8. The van der Waals surface area contributed by atoms with Crippen LogP contribution in [0, 0.1) is 17.8 Å². The summed E-state index contributed by atoms with van der Waals surface area (Å²) < 4.78 is 56.6. The molecule has 2 fully saturated rings. The standard InChI is InChI=1S/C44H60N4O11S/c1-5-24-56-44-39(48(4)60(53,54)33-19-16-31(17-20-33)46-29(3)51)28-37(47-59-40-15-9-12-25-55-40)35-26-30(13-7-10-22-49)34(14-8-11-23-50)41(42(35)44)36-27-32(18-21-38(36)58-44)57-43(52)45-6-2/h5,16-21,26-27,30,34,39-42,49-50H,1,6-15,22-25,28H2,2-4H3,(H,45,52)(H,46,51)/t30-,34+,39-,40?,41+,42+,44+/m0/s1. The molecule has 16 heteroatoms. The number of anilines is 1. The fraction of sp³-hybridized carbons (Fsp3) is 0.568. The van der Waals surface area contributed by atoms with E-state index in [1.54, 1.807) is 25.1 Å². The average molecular weight is 853 g/mol. The molecule has 2 aromatic rings. The monoisotopic (exact) mass is 852 g/mol. The Morgan fingerprint density at radius 3 is 2.48 bits per heavy atom. The average Bonchev–Trinajstić information content (AvgIpc) is 3.23. The number of allylic oxidation sites excluding steroid dienone is 1. The Morgan fingerprint density at radius 2 is 1.82 bits per heavy atom. The van der Waals surface area contributed by atoms with Gasteiger partial charge < -0.3 is 44.6 Å². The number of ether oxygens (including phenoxy) is 4. The molecule has 2 amide bonds. The summed E-state index contributed by atoms with van der Waals surface area (Å²) in [4.78, 5) is 30.6. The molecule has 2 aliphatic carbocycles. The number of fused-ring (bicyclic) bond motifs is 2. The van der Waals surface area contributed by atoms with Crippen molar-refractivity contribution in [3.63, 3.8) is 0 Å².